The van der Waals surface area contributed by atoms with Crippen molar-refractivity contribution in [2.45, 2.75) is 25.1 Å². The lowest BCUT2D eigenvalue weighted by Gasteiger charge is -2.37. The fourth-order valence-electron chi connectivity index (χ4n) is 3.78. The van der Waals surface area contributed by atoms with Gasteiger partial charge >= 0.3 is 12.2 Å². The van der Waals surface area contributed by atoms with Crippen molar-refractivity contribution in [2.75, 3.05) is 30.4 Å². The Bertz CT molecular complexity index is 1200. The van der Waals surface area contributed by atoms with Crippen LogP contribution in [0.3, 0.4) is 0 Å². The molecule has 4 rings (SSSR count). The van der Waals surface area contributed by atoms with Crippen molar-refractivity contribution in [3.05, 3.63) is 46.6 Å². The van der Waals surface area contributed by atoms with Gasteiger partial charge in [0.15, 0.2) is 5.65 Å². The second kappa shape index (κ2) is 8.17. The summed E-state index contributed by atoms with van der Waals surface area (Å²) in [5, 5.41) is 2.33. The standard InChI is InChI=1S/C20H22F3N7O2/c1-28-11-12(20(21,22)23)9-15(18(28)31)27-19(32)29(2)13-4-7-30(8-5-13)16-10-25-17-14(26-16)3-6-24-17/h3,6,9-11,13H,4-5,7-8H2,1-2H3,(H,24,25)(H,27,32). The number of anilines is 2. The summed E-state index contributed by atoms with van der Waals surface area (Å²) >= 11 is 0. The maximum absolute atomic E-state index is 13.1. The van der Waals surface area contributed by atoms with Crippen LogP contribution in [0.2, 0.25) is 0 Å². The number of aryl methyl sites for hydroxylation is 1. The highest BCUT2D eigenvalue weighted by atomic mass is 19.4. The van der Waals surface area contributed by atoms with Crippen LogP contribution in [0.1, 0.15) is 18.4 Å². The molecule has 4 heterocycles. The van der Waals surface area contributed by atoms with Crippen molar-refractivity contribution in [1.29, 1.82) is 0 Å². The van der Waals surface area contributed by atoms with E-state index in [1.807, 2.05) is 6.07 Å². The molecule has 2 amide bonds. The number of halogens is 3. The number of H-pyrrole nitrogens is 1. The summed E-state index contributed by atoms with van der Waals surface area (Å²) in [6, 6.07) is 1.74. The minimum absolute atomic E-state index is 0.134. The average Bonchev–Trinajstić information content (AvgIpc) is 3.23. The van der Waals surface area contributed by atoms with Gasteiger partial charge in [0, 0.05) is 45.6 Å². The molecular weight excluding hydrogens is 427 g/mol. The Labute approximate surface area is 180 Å². The second-order valence-corrected chi connectivity index (χ2v) is 7.76. The molecule has 0 saturated carbocycles. The number of nitrogens with zero attached hydrogens (tertiary/aromatic N) is 5. The number of piperidine rings is 1. The molecule has 1 fully saturated rings. The molecule has 1 saturated heterocycles. The van der Waals surface area contributed by atoms with Crippen molar-refractivity contribution >= 4 is 28.7 Å². The Hall–Kier alpha value is -3.57. The topological polar surface area (TPSA) is 99.1 Å². The lowest BCUT2D eigenvalue weighted by Crippen LogP contribution is -2.47. The lowest BCUT2D eigenvalue weighted by molar-refractivity contribution is -0.138. The predicted molar refractivity (Wildman–Crippen MR) is 113 cm³/mol. The highest BCUT2D eigenvalue weighted by Gasteiger charge is 2.33. The minimum atomic E-state index is -4.63. The van der Waals surface area contributed by atoms with E-state index >= 15 is 0 Å². The van der Waals surface area contributed by atoms with E-state index in [-0.39, 0.29) is 6.04 Å². The van der Waals surface area contributed by atoms with Crippen molar-refractivity contribution in [3.63, 3.8) is 0 Å². The molecule has 32 heavy (non-hydrogen) atoms. The summed E-state index contributed by atoms with van der Waals surface area (Å²) in [4.78, 5) is 40.3. The van der Waals surface area contributed by atoms with Gasteiger partial charge in [-0.3, -0.25) is 4.79 Å². The Morgan fingerprint density at radius 2 is 2.03 bits per heavy atom. The molecule has 0 aromatic carbocycles. The number of hydrogen-bond donors (Lipinski definition) is 2. The van der Waals surface area contributed by atoms with E-state index in [0.717, 1.165) is 15.9 Å². The molecule has 3 aromatic rings. The third-order valence-electron chi connectivity index (χ3n) is 5.66. The normalized spacial score (nSPS) is 15.2. The zero-order valence-corrected chi connectivity index (χ0v) is 17.5. The molecule has 2 N–H and O–H groups in total. The van der Waals surface area contributed by atoms with Gasteiger partial charge in [0.25, 0.3) is 5.56 Å². The van der Waals surface area contributed by atoms with Gasteiger partial charge in [-0.2, -0.15) is 13.2 Å². The number of hydrogen-bond acceptors (Lipinski definition) is 5. The van der Waals surface area contributed by atoms with Crippen LogP contribution < -0.4 is 15.8 Å². The second-order valence-electron chi connectivity index (χ2n) is 7.76. The van der Waals surface area contributed by atoms with E-state index < -0.39 is 29.0 Å². The summed E-state index contributed by atoms with van der Waals surface area (Å²) in [5.41, 5.74) is -0.657. The Morgan fingerprint density at radius 3 is 2.72 bits per heavy atom. The van der Waals surface area contributed by atoms with Crippen molar-refractivity contribution in [2.24, 2.45) is 7.05 Å². The van der Waals surface area contributed by atoms with Crippen molar-refractivity contribution in [3.8, 4) is 0 Å². The SMILES string of the molecule is CN(C(=O)Nc1cc(C(F)(F)F)cn(C)c1=O)C1CCN(c2cnc3[nH]ccc3n2)CC1. The molecule has 1 aliphatic heterocycles. The number of urea groups is 1. The molecule has 0 radical (unpaired) electrons. The molecule has 0 atom stereocenters. The van der Waals surface area contributed by atoms with E-state index in [1.165, 1.54) is 11.9 Å². The summed E-state index contributed by atoms with van der Waals surface area (Å²) in [7, 11) is 2.78. The van der Waals surface area contributed by atoms with Crippen LogP contribution >= 0.6 is 0 Å². The van der Waals surface area contributed by atoms with E-state index in [4.69, 9.17) is 0 Å². The Morgan fingerprint density at radius 1 is 1.31 bits per heavy atom. The van der Waals surface area contributed by atoms with Gasteiger partial charge in [0.1, 0.15) is 17.0 Å². The smallest absolute Gasteiger partial charge is 0.355 e. The van der Waals surface area contributed by atoms with Crippen LogP contribution in [0, 0.1) is 0 Å². The number of rotatable bonds is 3. The first-order valence-corrected chi connectivity index (χ1v) is 10.0. The molecule has 0 spiro atoms. The van der Waals surface area contributed by atoms with E-state index in [0.29, 0.717) is 43.8 Å². The molecule has 0 bridgehead atoms. The van der Waals surface area contributed by atoms with E-state index in [2.05, 4.69) is 25.2 Å². The molecule has 12 heteroatoms. The number of pyridine rings is 1. The summed E-state index contributed by atoms with van der Waals surface area (Å²) in [6.45, 7) is 1.27. The molecule has 1 aliphatic rings. The molecule has 3 aromatic heterocycles. The Kier molecular flexibility index (Phi) is 5.53. The maximum atomic E-state index is 13.1. The highest BCUT2D eigenvalue weighted by Crippen LogP contribution is 2.29. The van der Waals surface area contributed by atoms with Gasteiger partial charge in [-0.15, -0.1) is 0 Å². The minimum Gasteiger partial charge on any atom is -0.355 e. The summed E-state index contributed by atoms with van der Waals surface area (Å²) < 4.78 is 40.0. The number of amides is 2. The van der Waals surface area contributed by atoms with Gasteiger partial charge < -0.3 is 24.7 Å². The number of fused-ring (bicyclic) bond motifs is 1. The maximum Gasteiger partial charge on any atom is 0.417 e. The van der Waals surface area contributed by atoms with E-state index in [1.54, 1.807) is 19.4 Å². The molecule has 0 unspecified atom stereocenters. The highest BCUT2D eigenvalue weighted by molar-refractivity contribution is 5.89. The molecular formula is C20H22F3N7O2. The lowest BCUT2D eigenvalue weighted by atomic mass is 10.0. The van der Waals surface area contributed by atoms with Crippen molar-refractivity contribution < 1.29 is 18.0 Å². The molecule has 170 valence electrons. The summed E-state index contributed by atoms with van der Waals surface area (Å²) in [5.74, 6) is 0.745. The molecule has 9 nitrogen and oxygen atoms in total. The van der Waals surface area contributed by atoms with Gasteiger partial charge in [0.05, 0.1) is 11.8 Å². The number of carbonyl (C=O) groups excluding carboxylic acids is 1. The number of aromatic nitrogens is 4. The largest absolute Gasteiger partial charge is 0.417 e. The van der Waals surface area contributed by atoms with Gasteiger partial charge in [-0.1, -0.05) is 0 Å². The number of nitrogens with one attached hydrogen (secondary N) is 2. The van der Waals surface area contributed by atoms with Gasteiger partial charge in [0.2, 0.25) is 0 Å². The van der Waals surface area contributed by atoms with Crippen LogP contribution in [0.15, 0.2) is 35.5 Å². The third kappa shape index (κ3) is 4.25. The average molecular weight is 449 g/mol. The van der Waals surface area contributed by atoms with E-state index in [9.17, 15) is 22.8 Å². The zero-order valence-electron chi connectivity index (χ0n) is 17.5. The predicted octanol–water partition coefficient (Wildman–Crippen LogP) is 2.81. The molecule has 0 aliphatic carbocycles. The van der Waals surface area contributed by atoms with Crippen molar-refractivity contribution in [1.82, 2.24) is 24.4 Å². The van der Waals surface area contributed by atoms with Gasteiger partial charge in [-0.25, -0.2) is 14.8 Å². The number of alkyl halides is 3. The third-order valence-corrected chi connectivity index (χ3v) is 5.66. The fraction of sp³-hybridized carbons (Fsp3) is 0.400. The monoisotopic (exact) mass is 449 g/mol. The van der Waals surface area contributed by atoms with Crippen LogP contribution in [0.25, 0.3) is 11.2 Å². The summed E-state index contributed by atoms with van der Waals surface area (Å²) in [6.07, 6.45) is 0.806. The quantitative estimate of drug-likeness (QED) is 0.641. The van der Waals surface area contributed by atoms with Crippen LogP contribution in [-0.2, 0) is 13.2 Å². The van der Waals surface area contributed by atoms with Gasteiger partial charge in [-0.05, 0) is 25.0 Å². The first-order chi connectivity index (χ1) is 15.1. The zero-order chi connectivity index (χ0) is 23.0. The Balaban J connectivity index is 1.41. The number of carbonyl (C=O) groups is 1. The first-order valence-electron chi connectivity index (χ1n) is 10.0. The van der Waals surface area contributed by atoms with Crippen LogP contribution in [0.5, 0.6) is 0 Å². The first kappa shape index (κ1) is 21.7. The number of aromatic amines is 1. The van der Waals surface area contributed by atoms with Crippen LogP contribution in [0.4, 0.5) is 29.5 Å². The van der Waals surface area contributed by atoms with Crippen LogP contribution in [-0.4, -0.2) is 56.6 Å². The fourth-order valence-corrected chi connectivity index (χ4v) is 3.78.